The summed E-state index contributed by atoms with van der Waals surface area (Å²) in [7, 11) is 0. The Bertz CT molecular complexity index is 1160. The standard InChI is InChI=1S/C24H24F3N5O3/c25-24(26,27)18-8-4-5-9-19(18)28-20(33)16-31-12-14-32(15-13-31)22(34)11-10-21-29-30-23(35-21)17-6-2-1-3-7-17/h1-9H,10-16H2,(H,28,33). The van der Waals surface area contributed by atoms with E-state index in [1.165, 1.54) is 18.2 Å². The van der Waals surface area contributed by atoms with E-state index in [9.17, 15) is 22.8 Å². The first-order chi connectivity index (χ1) is 16.8. The van der Waals surface area contributed by atoms with Crippen LogP contribution in [0.4, 0.5) is 18.9 Å². The van der Waals surface area contributed by atoms with Gasteiger partial charge in [-0.25, -0.2) is 0 Å². The van der Waals surface area contributed by atoms with Crippen LogP contribution in [0.2, 0.25) is 0 Å². The second-order valence-electron chi connectivity index (χ2n) is 8.12. The number of hydrogen-bond acceptors (Lipinski definition) is 6. The first kappa shape index (κ1) is 24.4. The van der Waals surface area contributed by atoms with Crippen LogP contribution in [-0.4, -0.2) is 64.5 Å². The second kappa shape index (κ2) is 10.7. The molecule has 1 aliphatic rings. The molecule has 184 valence electrons. The zero-order valence-corrected chi connectivity index (χ0v) is 18.8. The number of halogens is 3. The third-order valence-corrected chi connectivity index (χ3v) is 5.64. The Kier molecular flexibility index (Phi) is 7.45. The fraction of sp³-hybridized carbons (Fsp3) is 0.333. The van der Waals surface area contributed by atoms with E-state index in [0.29, 0.717) is 44.4 Å². The number of benzene rings is 2. The van der Waals surface area contributed by atoms with E-state index in [4.69, 9.17) is 4.42 Å². The molecule has 0 unspecified atom stereocenters. The molecule has 2 aromatic carbocycles. The zero-order chi connectivity index (χ0) is 24.8. The Balaban J connectivity index is 1.21. The van der Waals surface area contributed by atoms with Gasteiger partial charge >= 0.3 is 6.18 Å². The van der Waals surface area contributed by atoms with Crippen molar-refractivity contribution < 1.29 is 27.2 Å². The Labute approximate surface area is 199 Å². The summed E-state index contributed by atoms with van der Waals surface area (Å²) in [6.45, 7) is 1.67. The first-order valence-corrected chi connectivity index (χ1v) is 11.1. The Morgan fingerprint density at radius 3 is 2.34 bits per heavy atom. The molecule has 0 saturated carbocycles. The van der Waals surface area contributed by atoms with E-state index in [2.05, 4.69) is 15.5 Å². The zero-order valence-electron chi connectivity index (χ0n) is 18.8. The van der Waals surface area contributed by atoms with Gasteiger partial charge < -0.3 is 14.6 Å². The number of para-hydroxylation sites is 1. The number of hydrogen-bond donors (Lipinski definition) is 1. The highest BCUT2D eigenvalue weighted by atomic mass is 19.4. The number of alkyl halides is 3. The maximum absolute atomic E-state index is 13.1. The number of carbonyl (C=O) groups excluding carboxylic acids is 2. The van der Waals surface area contributed by atoms with Gasteiger partial charge in [0.15, 0.2) is 0 Å². The predicted octanol–water partition coefficient (Wildman–Crippen LogP) is 3.47. The van der Waals surface area contributed by atoms with Gasteiger partial charge in [0.1, 0.15) is 0 Å². The molecule has 2 amide bonds. The number of carbonyl (C=O) groups is 2. The van der Waals surface area contributed by atoms with Gasteiger partial charge in [-0.1, -0.05) is 30.3 Å². The molecule has 4 rings (SSSR count). The SMILES string of the molecule is O=C(CN1CCN(C(=O)CCc2nnc(-c3ccccc3)o2)CC1)Nc1ccccc1C(F)(F)F. The molecule has 1 aliphatic heterocycles. The summed E-state index contributed by atoms with van der Waals surface area (Å²) >= 11 is 0. The van der Waals surface area contributed by atoms with Gasteiger partial charge in [-0.15, -0.1) is 10.2 Å². The average molecular weight is 487 g/mol. The molecule has 0 radical (unpaired) electrons. The third kappa shape index (κ3) is 6.44. The molecule has 8 nitrogen and oxygen atoms in total. The van der Waals surface area contributed by atoms with Crippen LogP contribution in [0.1, 0.15) is 17.9 Å². The van der Waals surface area contributed by atoms with Crippen molar-refractivity contribution in [1.29, 1.82) is 0 Å². The number of aromatic nitrogens is 2. The van der Waals surface area contributed by atoms with Gasteiger partial charge in [-0.05, 0) is 24.3 Å². The van der Waals surface area contributed by atoms with Gasteiger partial charge in [0.2, 0.25) is 23.6 Å². The normalized spacial score (nSPS) is 14.7. The molecule has 0 spiro atoms. The second-order valence-corrected chi connectivity index (χ2v) is 8.12. The van der Waals surface area contributed by atoms with E-state index >= 15 is 0 Å². The minimum atomic E-state index is -4.56. The molecule has 11 heteroatoms. The number of nitrogens with one attached hydrogen (secondary N) is 1. The highest BCUT2D eigenvalue weighted by Crippen LogP contribution is 2.34. The predicted molar refractivity (Wildman–Crippen MR) is 121 cm³/mol. The third-order valence-electron chi connectivity index (χ3n) is 5.64. The van der Waals surface area contributed by atoms with Crippen LogP contribution in [0, 0.1) is 0 Å². The molecular formula is C24H24F3N5O3. The molecule has 1 fully saturated rings. The van der Waals surface area contributed by atoms with Crippen molar-refractivity contribution in [3.05, 3.63) is 66.1 Å². The van der Waals surface area contributed by atoms with Crippen molar-refractivity contribution in [3.63, 3.8) is 0 Å². The molecule has 1 aromatic heterocycles. The molecule has 35 heavy (non-hydrogen) atoms. The average Bonchev–Trinajstić information content (AvgIpc) is 3.32. The Morgan fingerprint density at radius 2 is 1.63 bits per heavy atom. The van der Waals surface area contributed by atoms with Gasteiger partial charge in [0.05, 0.1) is 17.8 Å². The van der Waals surface area contributed by atoms with Gasteiger partial charge in [-0.2, -0.15) is 13.2 Å². The van der Waals surface area contributed by atoms with Crippen molar-refractivity contribution in [2.45, 2.75) is 19.0 Å². The first-order valence-electron chi connectivity index (χ1n) is 11.1. The maximum Gasteiger partial charge on any atom is 0.418 e. The summed E-state index contributed by atoms with van der Waals surface area (Å²) in [4.78, 5) is 28.4. The van der Waals surface area contributed by atoms with Gasteiger partial charge in [0.25, 0.3) is 0 Å². The van der Waals surface area contributed by atoms with Gasteiger partial charge in [0, 0.05) is 44.6 Å². The van der Waals surface area contributed by atoms with Crippen LogP contribution in [0.3, 0.4) is 0 Å². The van der Waals surface area contributed by atoms with Crippen molar-refractivity contribution >= 4 is 17.5 Å². The Morgan fingerprint density at radius 1 is 0.943 bits per heavy atom. The lowest BCUT2D eigenvalue weighted by atomic mass is 10.1. The summed E-state index contributed by atoms with van der Waals surface area (Å²) in [5.41, 5.74) is -0.351. The highest BCUT2D eigenvalue weighted by molar-refractivity contribution is 5.93. The lowest BCUT2D eigenvalue weighted by molar-refractivity contribution is -0.137. The molecule has 2 heterocycles. The number of rotatable bonds is 7. The van der Waals surface area contributed by atoms with E-state index in [0.717, 1.165) is 11.6 Å². The largest absolute Gasteiger partial charge is 0.421 e. The van der Waals surface area contributed by atoms with E-state index in [1.54, 1.807) is 9.80 Å². The highest BCUT2D eigenvalue weighted by Gasteiger charge is 2.33. The van der Waals surface area contributed by atoms with Crippen molar-refractivity contribution in [3.8, 4) is 11.5 Å². The summed E-state index contributed by atoms with van der Waals surface area (Å²) in [6.07, 6.45) is -4.02. The number of nitrogens with zero attached hydrogens (tertiary/aromatic N) is 4. The quantitative estimate of drug-likeness (QED) is 0.549. The van der Waals surface area contributed by atoms with Crippen LogP contribution in [0.15, 0.2) is 59.0 Å². The van der Waals surface area contributed by atoms with Crippen molar-refractivity contribution in [2.75, 3.05) is 38.0 Å². The smallest absolute Gasteiger partial charge is 0.418 e. The maximum atomic E-state index is 13.1. The Hall–Kier alpha value is -3.73. The lowest BCUT2D eigenvalue weighted by Crippen LogP contribution is -2.50. The van der Waals surface area contributed by atoms with Crippen LogP contribution in [-0.2, 0) is 22.2 Å². The van der Waals surface area contributed by atoms with Crippen LogP contribution in [0.5, 0.6) is 0 Å². The van der Waals surface area contributed by atoms with Crippen molar-refractivity contribution in [1.82, 2.24) is 20.0 Å². The molecule has 0 bridgehead atoms. The molecule has 1 N–H and O–H groups in total. The number of anilines is 1. The van der Waals surface area contributed by atoms with E-state index in [1.807, 2.05) is 30.3 Å². The van der Waals surface area contributed by atoms with Crippen molar-refractivity contribution in [2.24, 2.45) is 0 Å². The summed E-state index contributed by atoms with van der Waals surface area (Å²) < 4.78 is 45.0. The van der Waals surface area contributed by atoms with E-state index in [-0.39, 0.29) is 24.6 Å². The molecular weight excluding hydrogens is 463 g/mol. The van der Waals surface area contributed by atoms with E-state index < -0.39 is 17.6 Å². The molecule has 3 aromatic rings. The summed E-state index contributed by atoms with van der Waals surface area (Å²) in [5.74, 6) is 0.184. The summed E-state index contributed by atoms with van der Waals surface area (Å²) in [5, 5.41) is 10.4. The monoisotopic (exact) mass is 487 g/mol. The number of piperazine rings is 1. The minimum Gasteiger partial charge on any atom is -0.421 e. The van der Waals surface area contributed by atoms with Crippen LogP contribution in [0.25, 0.3) is 11.5 Å². The molecule has 0 atom stereocenters. The van der Waals surface area contributed by atoms with Crippen LogP contribution < -0.4 is 5.32 Å². The lowest BCUT2D eigenvalue weighted by Gasteiger charge is -2.34. The van der Waals surface area contributed by atoms with Gasteiger partial charge in [-0.3, -0.25) is 14.5 Å². The topological polar surface area (TPSA) is 91.6 Å². The summed E-state index contributed by atoms with van der Waals surface area (Å²) in [6, 6.07) is 14.2. The fourth-order valence-corrected chi connectivity index (χ4v) is 3.81. The number of amides is 2. The molecule has 0 aliphatic carbocycles. The fourth-order valence-electron chi connectivity index (χ4n) is 3.81. The number of aryl methyl sites for hydroxylation is 1. The van der Waals surface area contributed by atoms with Crippen LogP contribution >= 0.6 is 0 Å². The molecule has 1 saturated heterocycles. The minimum absolute atomic E-state index is 0.0571.